The number of likely N-dealkylation sites (tertiary alicyclic amines) is 1. The molecule has 1 saturated heterocycles. The van der Waals surface area contributed by atoms with Crippen LogP contribution in [-0.4, -0.2) is 48.7 Å². The monoisotopic (exact) mass is 224 g/mol. The summed E-state index contributed by atoms with van der Waals surface area (Å²) < 4.78 is 4.99. The lowest BCUT2D eigenvalue weighted by Crippen LogP contribution is -2.55. The summed E-state index contributed by atoms with van der Waals surface area (Å²) in [5, 5.41) is 3.51. The van der Waals surface area contributed by atoms with Gasteiger partial charge in [0, 0.05) is 25.2 Å². The van der Waals surface area contributed by atoms with Gasteiger partial charge >= 0.3 is 5.97 Å². The molecule has 0 radical (unpaired) electrons. The van der Waals surface area contributed by atoms with E-state index in [0.29, 0.717) is 6.04 Å². The summed E-state index contributed by atoms with van der Waals surface area (Å²) in [5.74, 6) is -0.0671. The molecule has 4 heteroatoms. The summed E-state index contributed by atoms with van der Waals surface area (Å²) in [4.78, 5) is 14.4. The first-order chi connectivity index (χ1) is 7.73. The minimum absolute atomic E-state index is 0.0671. The van der Waals surface area contributed by atoms with Gasteiger partial charge in [0.05, 0.1) is 7.11 Å². The van der Waals surface area contributed by atoms with Crippen molar-refractivity contribution in [2.24, 2.45) is 0 Å². The van der Waals surface area contributed by atoms with Crippen molar-refractivity contribution in [2.75, 3.05) is 20.2 Å². The Morgan fingerprint density at radius 2 is 2.12 bits per heavy atom. The molecule has 0 amide bonds. The smallest absolute Gasteiger partial charge is 0.327 e. The number of hydrogen-bond donors (Lipinski definition) is 1. The van der Waals surface area contributed by atoms with Crippen molar-refractivity contribution in [3.63, 3.8) is 0 Å². The van der Waals surface area contributed by atoms with E-state index < -0.39 is 5.54 Å². The van der Waals surface area contributed by atoms with Crippen LogP contribution in [0.4, 0.5) is 0 Å². The van der Waals surface area contributed by atoms with Crippen LogP contribution < -0.4 is 5.32 Å². The minimum Gasteiger partial charge on any atom is -0.468 e. The minimum atomic E-state index is -0.404. The van der Waals surface area contributed by atoms with Crippen LogP contribution >= 0.6 is 0 Å². The second kappa shape index (κ2) is 3.70. The fraction of sp³-hybridized carbons (Fsp3) is 0.917. The number of hydrogen-bond acceptors (Lipinski definition) is 4. The van der Waals surface area contributed by atoms with Gasteiger partial charge in [-0.1, -0.05) is 0 Å². The zero-order chi connectivity index (χ0) is 11.2. The third-order valence-corrected chi connectivity index (χ3v) is 4.00. The quantitative estimate of drug-likeness (QED) is 0.707. The zero-order valence-electron chi connectivity index (χ0n) is 9.87. The zero-order valence-corrected chi connectivity index (χ0v) is 9.87. The highest BCUT2D eigenvalue weighted by Gasteiger charge is 2.50. The summed E-state index contributed by atoms with van der Waals surface area (Å²) >= 11 is 0. The van der Waals surface area contributed by atoms with Gasteiger partial charge in [-0.25, -0.2) is 0 Å². The molecule has 1 heterocycles. The maximum atomic E-state index is 12.0. The van der Waals surface area contributed by atoms with Crippen LogP contribution in [0.25, 0.3) is 0 Å². The van der Waals surface area contributed by atoms with E-state index >= 15 is 0 Å². The number of ether oxygens (including phenoxy) is 1. The van der Waals surface area contributed by atoms with Crippen molar-refractivity contribution < 1.29 is 9.53 Å². The predicted octanol–water partition coefficient (Wildman–Crippen LogP) is 0.518. The molecule has 2 aliphatic carbocycles. The molecular formula is C12H20N2O2. The number of carbonyl (C=O) groups excluding carboxylic acids is 1. The van der Waals surface area contributed by atoms with E-state index in [1.54, 1.807) is 0 Å². The van der Waals surface area contributed by atoms with Gasteiger partial charge in [-0.15, -0.1) is 0 Å². The van der Waals surface area contributed by atoms with Crippen LogP contribution in [0, 0.1) is 0 Å². The molecule has 0 aromatic carbocycles. The molecule has 3 aliphatic rings. The standard InChI is InChI=1S/C12H20N2O2/c1-16-11(15)12(13-9-2-3-9)6-7-14(8-12)10-4-5-10/h9-10,13H,2-8H2,1H3. The topological polar surface area (TPSA) is 41.6 Å². The van der Waals surface area contributed by atoms with Crippen molar-refractivity contribution in [3.05, 3.63) is 0 Å². The van der Waals surface area contributed by atoms with Crippen molar-refractivity contribution >= 4 is 5.97 Å². The Bertz CT molecular complexity index is 299. The van der Waals surface area contributed by atoms with Crippen LogP contribution in [0.1, 0.15) is 32.1 Å². The highest BCUT2D eigenvalue weighted by Crippen LogP contribution is 2.35. The van der Waals surface area contributed by atoms with Crippen LogP contribution in [0.15, 0.2) is 0 Å². The number of rotatable bonds is 4. The lowest BCUT2D eigenvalue weighted by atomic mass is 9.98. The van der Waals surface area contributed by atoms with Gasteiger partial charge in [0.2, 0.25) is 0 Å². The summed E-state index contributed by atoms with van der Waals surface area (Å²) in [7, 11) is 1.50. The first kappa shape index (κ1) is 10.5. The molecule has 4 nitrogen and oxygen atoms in total. The summed E-state index contributed by atoms with van der Waals surface area (Å²) in [6.45, 7) is 1.89. The van der Waals surface area contributed by atoms with Gasteiger partial charge < -0.3 is 4.74 Å². The van der Waals surface area contributed by atoms with Crippen molar-refractivity contribution in [3.8, 4) is 0 Å². The molecule has 1 unspecified atom stereocenters. The molecule has 0 bridgehead atoms. The molecule has 3 rings (SSSR count). The molecule has 0 spiro atoms. The van der Waals surface area contributed by atoms with Gasteiger partial charge in [-0.05, 0) is 32.1 Å². The van der Waals surface area contributed by atoms with E-state index in [9.17, 15) is 4.79 Å². The van der Waals surface area contributed by atoms with Gasteiger partial charge in [0.15, 0.2) is 0 Å². The lowest BCUT2D eigenvalue weighted by molar-refractivity contribution is -0.148. The van der Waals surface area contributed by atoms with Crippen LogP contribution in [0.2, 0.25) is 0 Å². The molecule has 1 N–H and O–H groups in total. The normalized spacial score (nSPS) is 35.3. The summed E-state index contributed by atoms with van der Waals surface area (Å²) in [6, 6.07) is 1.30. The molecule has 0 aromatic rings. The van der Waals surface area contributed by atoms with Crippen LogP contribution in [0.3, 0.4) is 0 Å². The van der Waals surface area contributed by atoms with Gasteiger partial charge in [0.25, 0.3) is 0 Å². The molecule has 1 atom stereocenters. The number of nitrogens with zero attached hydrogens (tertiary/aromatic N) is 1. The summed E-state index contributed by atoms with van der Waals surface area (Å²) in [6.07, 6.45) is 5.94. The Morgan fingerprint density at radius 1 is 1.38 bits per heavy atom. The Labute approximate surface area is 96.3 Å². The average Bonchev–Trinajstić information content (AvgIpc) is 3.18. The second-order valence-electron chi connectivity index (χ2n) is 5.44. The largest absolute Gasteiger partial charge is 0.468 e. The van der Waals surface area contributed by atoms with Gasteiger partial charge in [-0.2, -0.15) is 0 Å². The van der Waals surface area contributed by atoms with Crippen LogP contribution in [0.5, 0.6) is 0 Å². The number of esters is 1. The van der Waals surface area contributed by atoms with Crippen LogP contribution in [-0.2, 0) is 9.53 Å². The van der Waals surface area contributed by atoms with E-state index in [-0.39, 0.29) is 5.97 Å². The predicted molar refractivity (Wildman–Crippen MR) is 60.1 cm³/mol. The molecule has 2 saturated carbocycles. The van der Waals surface area contributed by atoms with E-state index in [1.165, 1.54) is 32.8 Å². The Hall–Kier alpha value is -0.610. The Kier molecular flexibility index (Phi) is 2.44. The van der Waals surface area contributed by atoms with E-state index in [0.717, 1.165) is 25.6 Å². The highest BCUT2D eigenvalue weighted by molar-refractivity contribution is 5.81. The molecule has 16 heavy (non-hydrogen) atoms. The average molecular weight is 224 g/mol. The van der Waals surface area contributed by atoms with Gasteiger partial charge in [-0.3, -0.25) is 15.0 Å². The molecule has 1 aliphatic heterocycles. The molecule has 0 aromatic heterocycles. The Morgan fingerprint density at radius 3 is 2.69 bits per heavy atom. The maximum absolute atomic E-state index is 12.0. The molecule has 3 fully saturated rings. The summed E-state index contributed by atoms with van der Waals surface area (Å²) in [5.41, 5.74) is -0.404. The second-order valence-corrected chi connectivity index (χ2v) is 5.44. The fourth-order valence-electron chi connectivity index (χ4n) is 2.75. The first-order valence-corrected chi connectivity index (χ1v) is 6.34. The van der Waals surface area contributed by atoms with Gasteiger partial charge in [0.1, 0.15) is 5.54 Å². The number of nitrogens with one attached hydrogen (secondary N) is 1. The lowest BCUT2D eigenvalue weighted by Gasteiger charge is -2.28. The maximum Gasteiger partial charge on any atom is 0.327 e. The number of carbonyl (C=O) groups is 1. The van der Waals surface area contributed by atoms with E-state index in [4.69, 9.17) is 4.74 Å². The third kappa shape index (κ3) is 1.84. The third-order valence-electron chi connectivity index (χ3n) is 4.00. The van der Waals surface area contributed by atoms with Crippen molar-refractivity contribution in [1.82, 2.24) is 10.2 Å². The fourth-order valence-corrected chi connectivity index (χ4v) is 2.75. The SMILES string of the molecule is COC(=O)C1(NC2CC2)CCN(C2CC2)C1. The number of methoxy groups -OCH3 is 1. The van der Waals surface area contributed by atoms with Crippen molar-refractivity contribution in [2.45, 2.75) is 49.7 Å². The van der Waals surface area contributed by atoms with E-state index in [2.05, 4.69) is 10.2 Å². The molecule has 90 valence electrons. The highest BCUT2D eigenvalue weighted by atomic mass is 16.5. The Balaban J connectivity index is 1.71. The van der Waals surface area contributed by atoms with E-state index in [1.807, 2.05) is 0 Å². The molecular weight excluding hydrogens is 204 g/mol. The van der Waals surface area contributed by atoms with Crippen molar-refractivity contribution in [1.29, 1.82) is 0 Å². The first-order valence-electron chi connectivity index (χ1n) is 6.34.